The summed E-state index contributed by atoms with van der Waals surface area (Å²) in [4.78, 5) is 22.5. The molecule has 0 radical (unpaired) electrons. The van der Waals surface area contributed by atoms with Gasteiger partial charge in [-0.25, -0.2) is 9.59 Å². The second-order valence-electron chi connectivity index (χ2n) is 4.57. The topological polar surface area (TPSA) is 78.4 Å². The van der Waals surface area contributed by atoms with E-state index in [-0.39, 0.29) is 12.0 Å². The van der Waals surface area contributed by atoms with E-state index in [1.807, 2.05) is 6.92 Å². The van der Waals surface area contributed by atoms with Gasteiger partial charge in [-0.3, -0.25) is 0 Å². The lowest BCUT2D eigenvalue weighted by molar-refractivity contribution is -0.140. The molecule has 0 fully saturated rings. The number of rotatable bonds is 7. The first kappa shape index (κ1) is 15.7. The van der Waals surface area contributed by atoms with Gasteiger partial charge < -0.3 is 15.7 Å². The molecule has 5 heteroatoms. The van der Waals surface area contributed by atoms with E-state index in [4.69, 9.17) is 5.11 Å². The molecule has 100 valence electrons. The van der Waals surface area contributed by atoms with Crippen molar-refractivity contribution in [3.8, 4) is 0 Å². The maximum Gasteiger partial charge on any atom is 0.326 e. The fourth-order valence-corrected chi connectivity index (χ4v) is 1.61. The molecule has 0 rings (SSSR count). The minimum Gasteiger partial charge on any atom is -0.480 e. The molecule has 3 N–H and O–H groups in total. The Labute approximate surface area is 103 Å². The summed E-state index contributed by atoms with van der Waals surface area (Å²) in [5, 5.41) is 14.2. The van der Waals surface area contributed by atoms with Crippen LogP contribution < -0.4 is 10.6 Å². The molecule has 0 aromatic carbocycles. The number of carbonyl (C=O) groups excluding carboxylic acids is 1. The molecule has 2 atom stereocenters. The minimum atomic E-state index is -1.00. The molecule has 5 nitrogen and oxygen atoms in total. The second kappa shape index (κ2) is 7.92. The van der Waals surface area contributed by atoms with Crippen molar-refractivity contribution in [2.24, 2.45) is 5.92 Å². The van der Waals surface area contributed by atoms with Crippen LogP contribution in [0.2, 0.25) is 0 Å². The largest absolute Gasteiger partial charge is 0.480 e. The number of amides is 2. The third-order valence-electron chi connectivity index (χ3n) is 2.68. The van der Waals surface area contributed by atoms with Crippen molar-refractivity contribution in [3.63, 3.8) is 0 Å². The number of carboxylic acids is 1. The van der Waals surface area contributed by atoms with E-state index >= 15 is 0 Å². The molecule has 17 heavy (non-hydrogen) atoms. The number of urea groups is 1. The Morgan fingerprint density at radius 2 is 1.76 bits per heavy atom. The van der Waals surface area contributed by atoms with E-state index in [2.05, 4.69) is 17.6 Å². The molecular weight excluding hydrogens is 220 g/mol. The first-order chi connectivity index (χ1) is 7.92. The van der Waals surface area contributed by atoms with Gasteiger partial charge in [0.2, 0.25) is 0 Å². The van der Waals surface area contributed by atoms with Crippen molar-refractivity contribution in [2.75, 3.05) is 0 Å². The predicted molar refractivity (Wildman–Crippen MR) is 66.9 cm³/mol. The van der Waals surface area contributed by atoms with Gasteiger partial charge in [0.15, 0.2) is 0 Å². The van der Waals surface area contributed by atoms with Gasteiger partial charge in [0.25, 0.3) is 0 Å². The first-order valence-corrected chi connectivity index (χ1v) is 6.22. The van der Waals surface area contributed by atoms with Crippen molar-refractivity contribution in [2.45, 2.75) is 59.0 Å². The summed E-state index contributed by atoms with van der Waals surface area (Å²) < 4.78 is 0. The standard InChI is InChI=1S/C12H24N2O3/c1-5-7-9(6-2)13-12(17)14-10(8(3)4)11(15)16/h8-10H,5-7H2,1-4H3,(H,15,16)(H2,13,14,17). The molecule has 0 aliphatic heterocycles. The van der Waals surface area contributed by atoms with Crippen LogP contribution in [0.3, 0.4) is 0 Å². The van der Waals surface area contributed by atoms with E-state index in [0.29, 0.717) is 0 Å². The molecular formula is C12H24N2O3. The zero-order chi connectivity index (χ0) is 13.4. The number of nitrogens with one attached hydrogen (secondary N) is 2. The van der Waals surface area contributed by atoms with Crippen molar-refractivity contribution < 1.29 is 14.7 Å². The monoisotopic (exact) mass is 244 g/mol. The number of hydrogen-bond donors (Lipinski definition) is 3. The summed E-state index contributed by atoms with van der Waals surface area (Å²) >= 11 is 0. The summed E-state index contributed by atoms with van der Waals surface area (Å²) in [6, 6.07) is -1.12. The van der Waals surface area contributed by atoms with Crippen LogP contribution in [0.1, 0.15) is 47.0 Å². The molecule has 2 amide bonds. The molecule has 0 spiro atoms. The van der Waals surface area contributed by atoms with Crippen molar-refractivity contribution >= 4 is 12.0 Å². The second-order valence-corrected chi connectivity index (χ2v) is 4.57. The average molecular weight is 244 g/mol. The Kier molecular flexibility index (Phi) is 7.34. The van der Waals surface area contributed by atoms with Gasteiger partial charge in [-0.1, -0.05) is 34.1 Å². The van der Waals surface area contributed by atoms with Gasteiger partial charge in [-0.15, -0.1) is 0 Å². The predicted octanol–water partition coefficient (Wildman–Crippen LogP) is 1.97. The molecule has 2 unspecified atom stereocenters. The van der Waals surface area contributed by atoms with Crippen LogP contribution in [0, 0.1) is 5.92 Å². The van der Waals surface area contributed by atoms with Crippen LogP contribution in [0.25, 0.3) is 0 Å². The number of aliphatic carboxylic acids is 1. The van der Waals surface area contributed by atoms with Gasteiger partial charge in [-0.2, -0.15) is 0 Å². The van der Waals surface area contributed by atoms with Crippen LogP contribution in [0.4, 0.5) is 4.79 Å². The molecule has 0 aromatic rings. The highest BCUT2D eigenvalue weighted by molar-refractivity contribution is 5.82. The van der Waals surface area contributed by atoms with E-state index in [0.717, 1.165) is 19.3 Å². The normalized spacial score (nSPS) is 14.2. The van der Waals surface area contributed by atoms with E-state index < -0.39 is 18.0 Å². The molecule has 0 bridgehead atoms. The molecule has 0 aliphatic carbocycles. The maximum absolute atomic E-state index is 11.6. The Bertz CT molecular complexity index is 254. The zero-order valence-corrected chi connectivity index (χ0v) is 11.1. The lowest BCUT2D eigenvalue weighted by Crippen LogP contribution is -2.50. The highest BCUT2D eigenvalue weighted by Gasteiger charge is 2.23. The van der Waals surface area contributed by atoms with Gasteiger partial charge in [-0.05, 0) is 18.8 Å². The smallest absolute Gasteiger partial charge is 0.326 e. The van der Waals surface area contributed by atoms with Crippen molar-refractivity contribution in [1.29, 1.82) is 0 Å². The van der Waals surface area contributed by atoms with Crippen molar-refractivity contribution in [3.05, 3.63) is 0 Å². The van der Waals surface area contributed by atoms with Gasteiger partial charge in [0, 0.05) is 6.04 Å². The third-order valence-corrected chi connectivity index (χ3v) is 2.68. The lowest BCUT2D eigenvalue weighted by Gasteiger charge is -2.21. The highest BCUT2D eigenvalue weighted by atomic mass is 16.4. The SMILES string of the molecule is CCCC(CC)NC(=O)NC(C(=O)O)C(C)C. The van der Waals surface area contributed by atoms with E-state index in [9.17, 15) is 9.59 Å². The number of carboxylic acid groups (broad SMARTS) is 1. The quantitative estimate of drug-likeness (QED) is 0.640. The highest BCUT2D eigenvalue weighted by Crippen LogP contribution is 2.03. The summed E-state index contributed by atoms with van der Waals surface area (Å²) in [6.45, 7) is 7.58. The Morgan fingerprint density at radius 3 is 2.12 bits per heavy atom. The molecule has 0 saturated heterocycles. The zero-order valence-electron chi connectivity index (χ0n) is 11.1. The minimum absolute atomic E-state index is 0.113. The summed E-state index contributed by atoms with van der Waals surface area (Å²) in [7, 11) is 0. The Morgan fingerprint density at radius 1 is 1.18 bits per heavy atom. The summed E-state index contributed by atoms with van der Waals surface area (Å²) in [6.07, 6.45) is 2.75. The van der Waals surface area contributed by atoms with Crippen LogP contribution in [0.15, 0.2) is 0 Å². The van der Waals surface area contributed by atoms with Gasteiger partial charge >= 0.3 is 12.0 Å². The average Bonchev–Trinajstić information content (AvgIpc) is 2.24. The first-order valence-electron chi connectivity index (χ1n) is 6.22. The lowest BCUT2D eigenvalue weighted by atomic mass is 10.1. The molecule has 0 saturated carbocycles. The summed E-state index contributed by atoms with van der Waals surface area (Å²) in [5.74, 6) is -1.14. The fourth-order valence-electron chi connectivity index (χ4n) is 1.61. The Hall–Kier alpha value is -1.26. The van der Waals surface area contributed by atoms with Crippen LogP contribution in [-0.4, -0.2) is 29.2 Å². The van der Waals surface area contributed by atoms with Crippen LogP contribution in [0.5, 0.6) is 0 Å². The summed E-state index contributed by atoms with van der Waals surface area (Å²) in [5.41, 5.74) is 0. The number of hydrogen-bond acceptors (Lipinski definition) is 2. The van der Waals surface area contributed by atoms with Crippen LogP contribution >= 0.6 is 0 Å². The third kappa shape index (κ3) is 6.14. The van der Waals surface area contributed by atoms with E-state index in [1.165, 1.54) is 0 Å². The van der Waals surface area contributed by atoms with Crippen LogP contribution in [-0.2, 0) is 4.79 Å². The number of carbonyl (C=O) groups is 2. The molecule has 0 aromatic heterocycles. The van der Waals surface area contributed by atoms with E-state index in [1.54, 1.807) is 13.8 Å². The van der Waals surface area contributed by atoms with Gasteiger partial charge in [0.05, 0.1) is 0 Å². The molecule has 0 heterocycles. The van der Waals surface area contributed by atoms with Gasteiger partial charge in [0.1, 0.15) is 6.04 Å². The Balaban J connectivity index is 4.27. The fraction of sp³-hybridized carbons (Fsp3) is 0.833. The molecule has 0 aliphatic rings. The maximum atomic E-state index is 11.6. The van der Waals surface area contributed by atoms with Crippen molar-refractivity contribution in [1.82, 2.24) is 10.6 Å².